The zero-order chi connectivity index (χ0) is 13.9. The maximum Gasteiger partial charge on any atom is 0.291 e. The second-order valence-corrected chi connectivity index (χ2v) is 6.44. The number of hydrogen-bond donors (Lipinski definition) is 2. The lowest BCUT2D eigenvalue weighted by molar-refractivity contribution is 0.0606. The van der Waals surface area contributed by atoms with Crippen LogP contribution < -0.4 is 4.72 Å². The molecule has 0 aliphatic carbocycles. The molecule has 0 saturated carbocycles. The minimum absolute atomic E-state index is 0.138. The van der Waals surface area contributed by atoms with E-state index in [2.05, 4.69) is 19.9 Å². The number of nitrogens with zero attached hydrogens (tertiary/aromatic N) is 3. The molecule has 1 unspecified atom stereocenters. The highest BCUT2D eigenvalue weighted by Gasteiger charge is 2.29. The van der Waals surface area contributed by atoms with E-state index in [0.29, 0.717) is 6.54 Å². The van der Waals surface area contributed by atoms with Crippen LogP contribution in [0.2, 0.25) is 0 Å². The second kappa shape index (κ2) is 5.66. The molecule has 0 bridgehead atoms. The van der Waals surface area contributed by atoms with E-state index in [1.54, 1.807) is 4.90 Å². The number of amides is 1. The van der Waals surface area contributed by atoms with Crippen LogP contribution in [0.25, 0.3) is 0 Å². The van der Waals surface area contributed by atoms with Gasteiger partial charge in [-0.05, 0) is 19.3 Å². The van der Waals surface area contributed by atoms with Gasteiger partial charge in [-0.2, -0.15) is 5.10 Å². The minimum Gasteiger partial charge on any atom is -0.332 e. The number of rotatable bonds is 4. The first-order valence-electron chi connectivity index (χ1n) is 6.08. The van der Waals surface area contributed by atoms with Gasteiger partial charge in [0, 0.05) is 19.1 Å². The number of carbonyl (C=O) groups excluding carboxylic acids is 1. The Hall–Kier alpha value is -1.48. The van der Waals surface area contributed by atoms with E-state index >= 15 is 0 Å². The molecule has 9 heteroatoms. The Labute approximate surface area is 111 Å². The Morgan fingerprint density at radius 2 is 2.37 bits per heavy atom. The fourth-order valence-electron chi connectivity index (χ4n) is 2.17. The smallest absolute Gasteiger partial charge is 0.291 e. The van der Waals surface area contributed by atoms with E-state index in [4.69, 9.17) is 0 Å². The summed E-state index contributed by atoms with van der Waals surface area (Å²) >= 11 is 0. The largest absolute Gasteiger partial charge is 0.332 e. The highest BCUT2D eigenvalue weighted by molar-refractivity contribution is 7.88. The lowest BCUT2D eigenvalue weighted by Gasteiger charge is -2.35. The van der Waals surface area contributed by atoms with Crippen LogP contribution in [0.3, 0.4) is 0 Å². The fraction of sp³-hybridized carbons (Fsp3) is 0.700. The van der Waals surface area contributed by atoms with Crippen LogP contribution >= 0.6 is 0 Å². The van der Waals surface area contributed by atoms with Gasteiger partial charge < -0.3 is 4.90 Å². The van der Waals surface area contributed by atoms with E-state index in [1.807, 2.05) is 0 Å². The SMILES string of the molecule is CS(=O)(=O)NCC1CCCCN1C(=O)c1ncn[nH]1. The molecule has 0 radical (unpaired) electrons. The van der Waals surface area contributed by atoms with E-state index in [9.17, 15) is 13.2 Å². The van der Waals surface area contributed by atoms with Crippen LogP contribution in [0.15, 0.2) is 6.33 Å². The molecule has 2 heterocycles. The van der Waals surface area contributed by atoms with Gasteiger partial charge in [-0.3, -0.25) is 9.89 Å². The van der Waals surface area contributed by atoms with Crippen molar-refractivity contribution in [2.24, 2.45) is 0 Å². The van der Waals surface area contributed by atoms with Crippen molar-refractivity contribution in [3.63, 3.8) is 0 Å². The molecule has 1 aromatic heterocycles. The first kappa shape index (κ1) is 13.9. The van der Waals surface area contributed by atoms with Crippen LogP contribution in [0, 0.1) is 0 Å². The molecule has 0 aromatic carbocycles. The van der Waals surface area contributed by atoms with Crippen molar-refractivity contribution in [3.8, 4) is 0 Å². The van der Waals surface area contributed by atoms with Crippen LogP contribution in [0.1, 0.15) is 29.9 Å². The molecule has 2 N–H and O–H groups in total. The molecule has 106 valence electrons. The summed E-state index contributed by atoms with van der Waals surface area (Å²) in [5.41, 5.74) is 0. The predicted octanol–water partition coefficient (Wildman–Crippen LogP) is -0.651. The third kappa shape index (κ3) is 3.74. The van der Waals surface area contributed by atoms with Crippen molar-refractivity contribution < 1.29 is 13.2 Å². The molecular formula is C10H17N5O3S. The van der Waals surface area contributed by atoms with Crippen LogP contribution in [0.5, 0.6) is 0 Å². The molecule has 1 aliphatic heterocycles. The molecule has 1 amide bonds. The molecule has 1 aliphatic rings. The van der Waals surface area contributed by atoms with E-state index < -0.39 is 10.0 Å². The first-order valence-corrected chi connectivity index (χ1v) is 7.97. The van der Waals surface area contributed by atoms with Gasteiger partial charge in [-0.1, -0.05) is 0 Å². The van der Waals surface area contributed by atoms with Gasteiger partial charge in [0.05, 0.1) is 6.26 Å². The Morgan fingerprint density at radius 1 is 1.58 bits per heavy atom. The Bertz CT molecular complexity index is 527. The average molecular weight is 287 g/mol. The molecule has 1 aromatic rings. The minimum atomic E-state index is -3.25. The van der Waals surface area contributed by atoms with E-state index in [-0.39, 0.29) is 24.3 Å². The summed E-state index contributed by atoms with van der Waals surface area (Å²) in [5.74, 6) is -0.0521. The van der Waals surface area contributed by atoms with E-state index in [0.717, 1.165) is 25.5 Å². The Kier molecular flexibility index (Phi) is 4.15. The number of H-pyrrole nitrogens is 1. The van der Waals surface area contributed by atoms with Crippen LogP contribution in [-0.4, -0.2) is 59.8 Å². The van der Waals surface area contributed by atoms with E-state index in [1.165, 1.54) is 6.33 Å². The summed E-state index contributed by atoms with van der Waals surface area (Å²) in [6.07, 6.45) is 5.06. The molecular weight excluding hydrogens is 270 g/mol. The van der Waals surface area contributed by atoms with Crippen molar-refractivity contribution in [2.75, 3.05) is 19.3 Å². The zero-order valence-corrected chi connectivity index (χ0v) is 11.5. The standard InChI is InChI=1S/C10H17N5O3S/c1-19(17,18)13-6-8-4-2-3-5-15(8)10(16)9-11-7-12-14-9/h7-8,13H,2-6H2,1H3,(H,11,12,14). The highest BCUT2D eigenvalue weighted by Crippen LogP contribution is 2.18. The van der Waals surface area contributed by atoms with Gasteiger partial charge in [0.25, 0.3) is 5.91 Å². The molecule has 19 heavy (non-hydrogen) atoms. The summed E-state index contributed by atoms with van der Waals surface area (Å²) in [7, 11) is -3.25. The van der Waals surface area contributed by atoms with Gasteiger partial charge in [0.15, 0.2) is 0 Å². The maximum absolute atomic E-state index is 12.2. The predicted molar refractivity (Wildman–Crippen MR) is 67.9 cm³/mol. The van der Waals surface area contributed by atoms with Crippen LogP contribution in [0.4, 0.5) is 0 Å². The number of sulfonamides is 1. The molecule has 1 fully saturated rings. The van der Waals surface area contributed by atoms with Crippen LogP contribution in [-0.2, 0) is 10.0 Å². The van der Waals surface area contributed by atoms with Gasteiger partial charge in [0.1, 0.15) is 6.33 Å². The number of piperidine rings is 1. The topological polar surface area (TPSA) is 108 Å². The Morgan fingerprint density at radius 3 is 3.00 bits per heavy atom. The summed E-state index contributed by atoms with van der Waals surface area (Å²) in [6, 6.07) is -0.138. The third-order valence-corrected chi connectivity index (χ3v) is 3.78. The average Bonchev–Trinajstić information content (AvgIpc) is 2.89. The zero-order valence-electron chi connectivity index (χ0n) is 10.7. The number of aromatic nitrogens is 3. The van der Waals surface area contributed by atoms with Crippen molar-refractivity contribution in [3.05, 3.63) is 12.2 Å². The fourth-order valence-corrected chi connectivity index (χ4v) is 2.67. The van der Waals surface area contributed by atoms with Crippen molar-refractivity contribution in [2.45, 2.75) is 25.3 Å². The second-order valence-electron chi connectivity index (χ2n) is 4.60. The van der Waals surface area contributed by atoms with Gasteiger partial charge >= 0.3 is 0 Å². The monoisotopic (exact) mass is 287 g/mol. The number of aromatic amines is 1. The lowest BCUT2D eigenvalue weighted by Crippen LogP contribution is -2.49. The Balaban J connectivity index is 2.05. The molecule has 8 nitrogen and oxygen atoms in total. The number of likely N-dealkylation sites (tertiary alicyclic amines) is 1. The normalized spacial score (nSPS) is 20.5. The highest BCUT2D eigenvalue weighted by atomic mass is 32.2. The summed E-state index contributed by atoms with van der Waals surface area (Å²) in [5, 5.41) is 6.19. The van der Waals surface area contributed by atoms with Gasteiger partial charge in [-0.25, -0.2) is 18.1 Å². The first-order chi connectivity index (χ1) is 8.97. The summed E-state index contributed by atoms with van der Waals surface area (Å²) < 4.78 is 24.7. The molecule has 2 rings (SSSR count). The molecule has 1 atom stereocenters. The number of carbonyl (C=O) groups is 1. The van der Waals surface area contributed by atoms with Crippen molar-refractivity contribution in [1.82, 2.24) is 24.8 Å². The number of hydrogen-bond acceptors (Lipinski definition) is 5. The van der Waals surface area contributed by atoms with Gasteiger partial charge in [-0.15, -0.1) is 0 Å². The van der Waals surface area contributed by atoms with Crippen molar-refractivity contribution >= 4 is 15.9 Å². The number of nitrogens with one attached hydrogen (secondary N) is 2. The summed E-state index contributed by atoms with van der Waals surface area (Å²) in [4.78, 5) is 17.7. The third-order valence-electron chi connectivity index (χ3n) is 3.09. The lowest BCUT2D eigenvalue weighted by atomic mass is 10.0. The quantitative estimate of drug-likeness (QED) is 0.765. The van der Waals surface area contributed by atoms with Crippen molar-refractivity contribution in [1.29, 1.82) is 0 Å². The molecule has 0 spiro atoms. The van der Waals surface area contributed by atoms with Gasteiger partial charge in [0.2, 0.25) is 15.8 Å². The maximum atomic E-state index is 12.2. The summed E-state index contributed by atoms with van der Waals surface area (Å²) in [6.45, 7) is 0.842. The molecule has 1 saturated heterocycles.